The highest BCUT2D eigenvalue weighted by Gasteiger charge is 2.34. The third-order valence-corrected chi connectivity index (χ3v) is 9.13. The van der Waals surface area contributed by atoms with E-state index in [-0.39, 0.29) is 11.3 Å². The normalized spacial score (nSPS) is 16.2. The molecule has 1 aromatic carbocycles. The molecule has 0 bridgehead atoms. The average Bonchev–Trinajstić information content (AvgIpc) is 3.54. The summed E-state index contributed by atoms with van der Waals surface area (Å²) in [5.74, 6) is 1.48. The standard InChI is InChI=1S/C35H54N4O2S/c1-9-14-19-26(11-3)24-38(25-27(12-4)20-15-10-2)34-36-31(35(6,7)8)30(42-34)23-29-32(41-13-5)37-39(33(29)40)28-21-17-16-18-22-28/h16-18,21-23,26-27H,9-15,19-20,24-25H2,1-8H3/b29-23-. The predicted molar refractivity (Wildman–Crippen MR) is 181 cm³/mol. The van der Waals surface area contributed by atoms with Crippen molar-refractivity contribution in [2.45, 2.75) is 112 Å². The number of hydrogen-bond donors (Lipinski definition) is 0. The second-order valence-corrected chi connectivity index (χ2v) is 13.6. The first kappa shape index (κ1) is 33.8. The number of ether oxygens (including phenoxy) is 1. The number of aromatic nitrogens is 1. The molecule has 0 fully saturated rings. The molecule has 0 aliphatic carbocycles. The highest BCUT2D eigenvalue weighted by molar-refractivity contribution is 7.16. The van der Waals surface area contributed by atoms with E-state index in [1.54, 1.807) is 11.3 Å². The van der Waals surface area contributed by atoms with E-state index in [9.17, 15) is 4.79 Å². The molecule has 1 aliphatic heterocycles. The van der Waals surface area contributed by atoms with Gasteiger partial charge in [-0.05, 0) is 49.8 Å². The number of anilines is 2. The van der Waals surface area contributed by atoms with Crippen LogP contribution in [-0.4, -0.2) is 36.5 Å². The predicted octanol–water partition coefficient (Wildman–Crippen LogP) is 9.46. The number of hydrazone groups is 1. The minimum Gasteiger partial charge on any atom is -0.476 e. The summed E-state index contributed by atoms with van der Waals surface area (Å²) < 4.78 is 5.89. The van der Waals surface area contributed by atoms with Crippen LogP contribution in [0.25, 0.3) is 6.08 Å². The van der Waals surface area contributed by atoms with E-state index < -0.39 is 0 Å². The van der Waals surface area contributed by atoms with Crippen molar-refractivity contribution in [1.29, 1.82) is 0 Å². The molecular formula is C35H54N4O2S. The van der Waals surface area contributed by atoms with Crippen molar-refractivity contribution >= 4 is 40.0 Å². The van der Waals surface area contributed by atoms with Crippen molar-refractivity contribution in [2.24, 2.45) is 16.9 Å². The van der Waals surface area contributed by atoms with Crippen LogP contribution < -0.4 is 9.91 Å². The van der Waals surface area contributed by atoms with Crippen LogP contribution in [0.15, 0.2) is 41.0 Å². The van der Waals surface area contributed by atoms with Gasteiger partial charge in [0, 0.05) is 18.5 Å². The number of thiazole rings is 1. The number of amides is 1. The van der Waals surface area contributed by atoms with E-state index in [0.717, 1.165) is 34.5 Å². The molecule has 1 aliphatic rings. The summed E-state index contributed by atoms with van der Waals surface area (Å²) in [7, 11) is 0. The fourth-order valence-electron chi connectivity index (χ4n) is 5.42. The molecule has 2 heterocycles. The summed E-state index contributed by atoms with van der Waals surface area (Å²) >= 11 is 1.71. The van der Waals surface area contributed by atoms with Gasteiger partial charge < -0.3 is 9.64 Å². The molecule has 1 aromatic heterocycles. The van der Waals surface area contributed by atoms with Crippen LogP contribution in [0.4, 0.5) is 10.8 Å². The first-order valence-electron chi connectivity index (χ1n) is 16.3. The van der Waals surface area contributed by atoms with E-state index in [2.05, 4.69) is 58.5 Å². The highest BCUT2D eigenvalue weighted by atomic mass is 32.1. The number of para-hydroxylation sites is 1. The maximum Gasteiger partial charge on any atom is 0.284 e. The minimum atomic E-state index is -0.185. The first-order chi connectivity index (χ1) is 20.2. The summed E-state index contributed by atoms with van der Waals surface area (Å²) in [6.45, 7) is 20.2. The van der Waals surface area contributed by atoms with Crippen LogP contribution in [0.1, 0.15) is 117 Å². The Labute approximate surface area is 259 Å². The molecule has 2 aromatic rings. The largest absolute Gasteiger partial charge is 0.476 e. The van der Waals surface area contributed by atoms with Crippen molar-refractivity contribution < 1.29 is 9.53 Å². The molecule has 7 heteroatoms. The fraction of sp³-hybridized carbons (Fsp3) is 0.629. The van der Waals surface area contributed by atoms with Gasteiger partial charge in [0.1, 0.15) is 5.57 Å². The molecule has 3 rings (SSSR count). The molecule has 0 radical (unpaired) electrons. The van der Waals surface area contributed by atoms with E-state index >= 15 is 0 Å². The van der Waals surface area contributed by atoms with Gasteiger partial charge >= 0.3 is 0 Å². The molecule has 0 N–H and O–H groups in total. The Morgan fingerprint density at radius 2 is 1.55 bits per heavy atom. The Morgan fingerprint density at radius 1 is 0.952 bits per heavy atom. The second-order valence-electron chi connectivity index (χ2n) is 12.5. The van der Waals surface area contributed by atoms with E-state index in [1.807, 2.05) is 43.3 Å². The van der Waals surface area contributed by atoms with Gasteiger partial charge in [-0.1, -0.05) is 117 Å². The van der Waals surface area contributed by atoms with E-state index in [1.165, 1.54) is 56.4 Å². The second kappa shape index (κ2) is 16.3. The van der Waals surface area contributed by atoms with Crippen LogP contribution in [0.5, 0.6) is 0 Å². The van der Waals surface area contributed by atoms with Crippen molar-refractivity contribution in [2.75, 3.05) is 29.6 Å². The third kappa shape index (κ3) is 8.92. The van der Waals surface area contributed by atoms with Crippen molar-refractivity contribution in [3.05, 3.63) is 46.5 Å². The number of hydrogen-bond acceptors (Lipinski definition) is 6. The average molecular weight is 595 g/mol. The Hall–Kier alpha value is -2.67. The number of rotatable bonds is 16. The third-order valence-electron chi connectivity index (χ3n) is 8.07. The Balaban J connectivity index is 2.06. The first-order valence-corrected chi connectivity index (χ1v) is 17.1. The lowest BCUT2D eigenvalue weighted by Crippen LogP contribution is -2.34. The smallest absolute Gasteiger partial charge is 0.284 e. The topological polar surface area (TPSA) is 58.0 Å². The molecule has 0 saturated heterocycles. The summed E-state index contributed by atoms with van der Waals surface area (Å²) in [5.41, 5.74) is 2.04. The van der Waals surface area contributed by atoms with Crippen LogP contribution in [0.3, 0.4) is 0 Å². The fourth-order valence-corrected chi connectivity index (χ4v) is 6.65. The summed E-state index contributed by atoms with van der Waals surface area (Å²) in [6, 6.07) is 9.54. The lowest BCUT2D eigenvalue weighted by atomic mass is 9.91. The molecule has 2 unspecified atom stereocenters. The van der Waals surface area contributed by atoms with Crippen LogP contribution in [-0.2, 0) is 14.9 Å². The number of carbonyl (C=O) groups excluding carboxylic acids is 1. The van der Waals surface area contributed by atoms with Crippen molar-refractivity contribution in [3.8, 4) is 0 Å². The van der Waals surface area contributed by atoms with Gasteiger partial charge in [-0.3, -0.25) is 4.79 Å². The quantitative estimate of drug-likeness (QED) is 0.182. The van der Waals surface area contributed by atoms with Crippen LogP contribution in [0.2, 0.25) is 0 Å². The Kier molecular flexibility index (Phi) is 13.1. The van der Waals surface area contributed by atoms with Gasteiger partial charge in [0.15, 0.2) is 5.13 Å². The lowest BCUT2D eigenvalue weighted by Gasteiger charge is -2.30. The van der Waals surface area contributed by atoms with Gasteiger partial charge in [-0.25, -0.2) is 4.98 Å². The van der Waals surface area contributed by atoms with Gasteiger partial charge in [-0.15, -0.1) is 5.10 Å². The Bertz CT molecular complexity index is 1160. The molecule has 42 heavy (non-hydrogen) atoms. The lowest BCUT2D eigenvalue weighted by molar-refractivity contribution is -0.114. The molecule has 0 saturated carbocycles. The SMILES string of the molecule is CCCCC(CC)CN(CC(CC)CCCC)c1nc(C(C)(C)C)c(/C=C2\C(=O)N(c3ccccc3)N=C2OCC)s1. The maximum atomic E-state index is 13.7. The van der Waals surface area contributed by atoms with Gasteiger partial charge in [0.25, 0.3) is 5.91 Å². The van der Waals surface area contributed by atoms with Gasteiger partial charge in [0.05, 0.1) is 22.9 Å². The number of carbonyl (C=O) groups is 1. The van der Waals surface area contributed by atoms with Gasteiger partial charge in [0.2, 0.25) is 5.90 Å². The van der Waals surface area contributed by atoms with Crippen molar-refractivity contribution in [1.82, 2.24) is 4.98 Å². The highest BCUT2D eigenvalue weighted by Crippen LogP contribution is 2.38. The zero-order valence-electron chi connectivity index (χ0n) is 27.4. The van der Waals surface area contributed by atoms with Crippen LogP contribution >= 0.6 is 11.3 Å². The van der Waals surface area contributed by atoms with Gasteiger partial charge in [-0.2, -0.15) is 5.01 Å². The summed E-state index contributed by atoms with van der Waals surface area (Å²) in [6.07, 6.45) is 11.8. The number of benzene rings is 1. The molecule has 6 nitrogen and oxygen atoms in total. The zero-order valence-corrected chi connectivity index (χ0v) is 28.2. The Morgan fingerprint density at radius 3 is 2.05 bits per heavy atom. The van der Waals surface area contributed by atoms with E-state index in [0.29, 0.717) is 29.9 Å². The molecule has 0 spiro atoms. The van der Waals surface area contributed by atoms with Crippen LogP contribution in [0, 0.1) is 11.8 Å². The summed E-state index contributed by atoms with van der Waals surface area (Å²) in [5, 5.41) is 7.09. The van der Waals surface area contributed by atoms with Crippen molar-refractivity contribution in [3.63, 3.8) is 0 Å². The molecular weight excluding hydrogens is 540 g/mol. The monoisotopic (exact) mass is 594 g/mol. The number of nitrogens with zero attached hydrogens (tertiary/aromatic N) is 4. The molecule has 232 valence electrons. The minimum absolute atomic E-state index is 0.174. The number of unbranched alkanes of at least 4 members (excludes halogenated alkanes) is 2. The zero-order chi connectivity index (χ0) is 30.7. The molecule has 2 atom stereocenters. The molecule has 1 amide bonds. The van der Waals surface area contributed by atoms with E-state index in [4.69, 9.17) is 9.72 Å². The summed E-state index contributed by atoms with van der Waals surface area (Å²) in [4.78, 5) is 22.6. The maximum absolute atomic E-state index is 13.7.